The number of ether oxygens (including phenoxy) is 3. The zero-order valence-corrected chi connectivity index (χ0v) is 11.0. The molecule has 0 aromatic carbocycles. The predicted molar refractivity (Wildman–Crippen MR) is 68.5 cm³/mol. The fourth-order valence-electron chi connectivity index (χ4n) is 1.65. The molecule has 6 nitrogen and oxygen atoms in total. The lowest BCUT2D eigenvalue weighted by Gasteiger charge is -2.06. The van der Waals surface area contributed by atoms with Gasteiger partial charge in [-0.2, -0.15) is 0 Å². The van der Waals surface area contributed by atoms with Gasteiger partial charge in [0, 0.05) is 19.4 Å². The molecule has 2 rings (SSSR count). The highest BCUT2D eigenvalue weighted by Crippen LogP contribution is 2.16. The Bertz CT molecular complexity index is 565. The molecule has 0 radical (unpaired) electrons. The number of rotatable bonds is 6. The molecule has 0 saturated heterocycles. The number of pyridine rings is 1. The van der Waals surface area contributed by atoms with Crippen LogP contribution in [0.3, 0.4) is 0 Å². The van der Waals surface area contributed by atoms with Crippen molar-refractivity contribution in [2.45, 2.75) is 6.92 Å². The molecule has 0 spiro atoms. The monoisotopic (exact) mass is 264 g/mol. The Kier molecular flexibility index (Phi) is 4.35. The van der Waals surface area contributed by atoms with Crippen molar-refractivity contribution in [2.24, 2.45) is 0 Å². The van der Waals surface area contributed by atoms with Crippen molar-refractivity contribution < 1.29 is 19.0 Å². The maximum absolute atomic E-state index is 11.7. The minimum atomic E-state index is -0.386. The van der Waals surface area contributed by atoms with E-state index in [9.17, 15) is 4.79 Å². The van der Waals surface area contributed by atoms with E-state index in [1.165, 1.54) is 6.20 Å². The van der Waals surface area contributed by atoms with Crippen LogP contribution in [0.25, 0.3) is 5.65 Å². The van der Waals surface area contributed by atoms with Crippen molar-refractivity contribution in [1.29, 1.82) is 0 Å². The van der Waals surface area contributed by atoms with Gasteiger partial charge >= 0.3 is 5.97 Å². The van der Waals surface area contributed by atoms with Gasteiger partial charge in [-0.3, -0.25) is 4.40 Å². The molecule has 0 amide bonds. The van der Waals surface area contributed by atoms with E-state index in [1.54, 1.807) is 36.8 Å². The van der Waals surface area contributed by atoms with Crippen LogP contribution < -0.4 is 4.74 Å². The van der Waals surface area contributed by atoms with Gasteiger partial charge in [-0.15, -0.1) is 0 Å². The van der Waals surface area contributed by atoms with Crippen LogP contribution in [-0.4, -0.2) is 42.3 Å². The number of carbonyl (C=O) groups is 1. The second-order valence-electron chi connectivity index (χ2n) is 3.80. The fourth-order valence-corrected chi connectivity index (χ4v) is 1.65. The van der Waals surface area contributed by atoms with Crippen molar-refractivity contribution in [1.82, 2.24) is 9.38 Å². The van der Waals surface area contributed by atoms with Crippen LogP contribution in [0.2, 0.25) is 0 Å². The van der Waals surface area contributed by atoms with Crippen LogP contribution in [0.4, 0.5) is 0 Å². The zero-order valence-electron chi connectivity index (χ0n) is 11.0. The first-order valence-electron chi connectivity index (χ1n) is 6.02. The number of nitrogens with zero attached hydrogens (tertiary/aromatic N) is 2. The molecule has 0 aliphatic carbocycles. The number of fused-ring (bicyclic) bond motifs is 1. The van der Waals surface area contributed by atoms with Gasteiger partial charge < -0.3 is 14.2 Å². The van der Waals surface area contributed by atoms with Crippen molar-refractivity contribution in [3.05, 3.63) is 30.2 Å². The van der Waals surface area contributed by atoms with E-state index in [4.69, 9.17) is 14.2 Å². The van der Waals surface area contributed by atoms with Crippen LogP contribution in [0, 0.1) is 0 Å². The minimum absolute atomic E-state index is 0.338. The third-order valence-electron chi connectivity index (χ3n) is 2.53. The maximum Gasteiger partial charge on any atom is 0.356 e. The summed E-state index contributed by atoms with van der Waals surface area (Å²) >= 11 is 0. The van der Waals surface area contributed by atoms with E-state index >= 15 is 0 Å². The molecule has 102 valence electrons. The molecular weight excluding hydrogens is 248 g/mol. The first kappa shape index (κ1) is 13.4. The average Bonchev–Trinajstić information content (AvgIpc) is 2.82. The van der Waals surface area contributed by atoms with Gasteiger partial charge in [0.05, 0.1) is 19.4 Å². The molecule has 0 saturated carbocycles. The summed E-state index contributed by atoms with van der Waals surface area (Å²) < 4.78 is 17.0. The first-order chi connectivity index (χ1) is 9.26. The highest BCUT2D eigenvalue weighted by molar-refractivity contribution is 5.88. The highest BCUT2D eigenvalue weighted by Gasteiger charge is 2.13. The summed E-state index contributed by atoms with van der Waals surface area (Å²) in [6.07, 6.45) is 3.23. The van der Waals surface area contributed by atoms with Crippen LogP contribution in [0.1, 0.15) is 17.4 Å². The summed E-state index contributed by atoms with van der Waals surface area (Å²) in [6, 6.07) is 3.53. The first-order valence-corrected chi connectivity index (χ1v) is 6.02. The molecule has 0 N–H and O–H groups in total. The molecule has 2 aromatic rings. The summed E-state index contributed by atoms with van der Waals surface area (Å²) in [5, 5.41) is 0. The molecule has 0 fully saturated rings. The van der Waals surface area contributed by atoms with Crippen LogP contribution in [-0.2, 0) is 9.47 Å². The summed E-state index contributed by atoms with van der Waals surface area (Å²) in [4.78, 5) is 15.8. The Morgan fingerprint density at radius 3 is 3.00 bits per heavy atom. The number of aromatic nitrogens is 2. The number of hydrogen-bond acceptors (Lipinski definition) is 5. The molecule has 2 heterocycles. The lowest BCUT2D eigenvalue weighted by molar-refractivity contribution is 0.0518. The van der Waals surface area contributed by atoms with Gasteiger partial charge in [0.25, 0.3) is 0 Å². The Hall–Kier alpha value is -2.08. The molecular formula is C13H16N2O4. The van der Waals surface area contributed by atoms with E-state index in [0.29, 0.717) is 36.9 Å². The second-order valence-corrected chi connectivity index (χ2v) is 3.80. The van der Waals surface area contributed by atoms with Crippen molar-refractivity contribution >= 4 is 11.6 Å². The molecule has 2 aromatic heterocycles. The summed E-state index contributed by atoms with van der Waals surface area (Å²) in [5.74, 6) is 0.300. The van der Waals surface area contributed by atoms with Crippen LogP contribution >= 0.6 is 0 Å². The molecule has 0 unspecified atom stereocenters. The summed E-state index contributed by atoms with van der Waals surface area (Å²) in [5.41, 5.74) is 1.04. The van der Waals surface area contributed by atoms with Crippen LogP contribution in [0.5, 0.6) is 5.75 Å². The van der Waals surface area contributed by atoms with E-state index in [2.05, 4.69) is 4.98 Å². The Labute approximate surface area is 110 Å². The van der Waals surface area contributed by atoms with E-state index in [0.717, 1.165) is 0 Å². The number of carbonyl (C=O) groups excluding carboxylic acids is 1. The highest BCUT2D eigenvalue weighted by atomic mass is 16.5. The lowest BCUT2D eigenvalue weighted by atomic mass is 10.4. The van der Waals surface area contributed by atoms with Gasteiger partial charge in [0.1, 0.15) is 18.0 Å². The van der Waals surface area contributed by atoms with E-state index < -0.39 is 0 Å². The van der Waals surface area contributed by atoms with Gasteiger partial charge in [-0.1, -0.05) is 0 Å². The number of methoxy groups -OCH3 is 1. The Balaban J connectivity index is 2.19. The molecule has 0 bridgehead atoms. The van der Waals surface area contributed by atoms with E-state index in [-0.39, 0.29) is 5.97 Å². The molecule has 6 heteroatoms. The smallest absolute Gasteiger partial charge is 0.356 e. The normalized spacial score (nSPS) is 10.6. The van der Waals surface area contributed by atoms with Crippen molar-refractivity contribution in [3.63, 3.8) is 0 Å². The lowest BCUT2D eigenvalue weighted by Crippen LogP contribution is -2.08. The number of hydrogen-bond donors (Lipinski definition) is 0. The van der Waals surface area contributed by atoms with Crippen molar-refractivity contribution in [3.8, 4) is 5.75 Å². The fraction of sp³-hybridized carbons (Fsp3) is 0.385. The minimum Gasteiger partial charge on any atom is -0.491 e. The van der Waals surface area contributed by atoms with Gasteiger partial charge in [-0.25, -0.2) is 9.78 Å². The number of imidazole rings is 1. The quantitative estimate of drug-likeness (QED) is 0.585. The molecule has 19 heavy (non-hydrogen) atoms. The van der Waals surface area contributed by atoms with Gasteiger partial charge in [0.2, 0.25) is 0 Å². The Morgan fingerprint density at radius 1 is 1.42 bits per heavy atom. The average molecular weight is 264 g/mol. The van der Waals surface area contributed by atoms with E-state index in [1.807, 2.05) is 0 Å². The topological polar surface area (TPSA) is 62.1 Å². The zero-order chi connectivity index (χ0) is 13.7. The van der Waals surface area contributed by atoms with Crippen molar-refractivity contribution in [2.75, 3.05) is 26.9 Å². The molecule has 0 aliphatic rings. The molecule has 0 atom stereocenters. The molecule has 0 aliphatic heterocycles. The summed E-state index contributed by atoms with van der Waals surface area (Å²) in [6.45, 7) is 3.10. The third-order valence-corrected chi connectivity index (χ3v) is 2.53. The third kappa shape index (κ3) is 3.03. The summed E-state index contributed by atoms with van der Waals surface area (Å²) in [7, 11) is 1.62. The van der Waals surface area contributed by atoms with Gasteiger partial charge in [-0.05, 0) is 13.0 Å². The largest absolute Gasteiger partial charge is 0.491 e. The predicted octanol–water partition coefficient (Wildman–Crippen LogP) is 1.54. The standard InChI is InChI=1S/C13H16N2O4/c1-3-18-13(16)11-9-14-12-8-10(4-5-15(11)12)19-7-6-17-2/h4-5,8-9H,3,6-7H2,1-2H3. The SMILES string of the molecule is CCOC(=O)c1cnc2cc(OCCOC)ccn12. The van der Waals surface area contributed by atoms with Gasteiger partial charge in [0.15, 0.2) is 5.69 Å². The Morgan fingerprint density at radius 2 is 2.26 bits per heavy atom. The second kappa shape index (κ2) is 6.19. The van der Waals surface area contributed by atoms with Crippen LogP contribution in [0.15, 0.2) is 24.5 Å². The number of esters is 1. The maximum atomic E-state index is 11.7.